The lowest BCUT2D eigenvalue weighted by Gasteiger charge is -2.23. The summed E-state index contributed by atoms with van der Waals surface area (Å²) in [5.41, 5.74) is 6.99. The summed E-state index contributed by atoms with van der Waals surface area (Å²) in [5, 5.41) is 9.68. The molecule has 0 fully saturated rings. The fourth-order valence-corrected chi connectivity index (χ4v) is 1.50. The summed E-state index contributed by atoms with van der Waals surface area (Å²) in [6, 6.07) is 5.62. The van der Waals surface area contributed by atoms with Crippen molar-refractivity contribution in [3.05, 3.63) is 34.3 Å². The molecule has 3 N–H and O–H groups in total. The normalized spacial score (nSPS) is 15.5. The highest BCUT2D eigenvalue weighted by Crippen LogP contribution is 2.26. The molecule has 0 amide bonds. The van der Waals surface area contributed by atoms with E-state index in [4.69, 9.17) is 22.4 Å². The van der Waals surface area contributed by atoms with Crippen LogP contribution in [0.25, 0.3) is 0 Å². The molecule has 0 saturated heterocycles. The average Bonchev–Trinajstić information content (AvgIpc) is 2.09. The number of aryl methyl sites for hydroxylation is 1. The van der Waals surface area contributed by atoms with Crippen LogP contribution < -0.4 is 5.73 Å². The zero-order chi connectivity index (χ0) is 10.1. The highest BCUT2D eigenvalue weighted by atomic mass is 35.5. The van der Waals surface area contributed by atoms with Crippen LogP contribution in [-0.4, -0.2) is 11.7 Å². The average molecular weight is 200 g/mol. The van der Waals surface area contributed by atoms with E-state index in [1.54, 1.807) is 13.0 Å². The minimum Gasteiger partial charge on any atom is -0.394 e. The molecule has 1 atom stereocenters. The predicted octanol–water partition coefficient (Wildman–Crippen LogP) is 1.81. The van der Waals surface area contributed by atoms with Gasteiger partial charge in [0, 0.05) is 5.02 Å². The molecule has 0 aliphatic carbocycles. The van der Waals surface area contributed by atoms with E-state index in [1.165, 1.54) is 0 Å². The highest BCUT2D eigenvalue weighted by Gasteiger charge is 2.22. The lowest BCUT2D eigenvalue weighted by atomic mass is 9.93. The van der Waals surface area contributed by atoms with Gasteiger partial charge in [-0.3, -0.25) is 0 Å². The fourth-order valence-electron chi connectivity index (χ4n) is 1.16. The summed E-state index contributed by atoms with van der Waals surface area (Å²) in [5.74, 6) is 0. The molecule has 1 rings (SSSR count). The molecular weight excluding hydrogens is 186 g/mol. The Balaban J connectivity index is 3.20. The molecular formula is C10H14ClNO. The third-order valence-electron chi connectivity index (χ3n) is 2.07. The summed E-state index contributed by atoms with van der Waals surface area (Å²) in [7, 11) is 0. The van der Waals surface area contributed by atoms with E-state index in [1.807, 2.05) is 19.1 Å². The molecule has 1 aromatic carbocycles. The Hall–Kier alpha value is -0.570. The maximum absolute atomic E-state index is 9.08. The summed E-state index contributed by atoms with van der Waals surface area (Å²) in [6.45, 7) is 3.61. The Morgan fingerprint density at radius 3 is 2.69 bits per heavy atom. The largest absolute Gasteiger partial charge is 0.394 e. The second-order valence-electron chi connectivity index (χ2n) is 3.56. The Bertz CT molecular complexity index is 310. The lowest BCUT2D eigenvalue weighted by Crippen LogP contribution is -2.37. The number of rotatable bonds is 2. The van der Waals surface area contributed by atoms with E-state index >= 15 is 0 Å². The molecule has 1 aromatic rings. The molecule has 0 radical (unpaired) electrons. The highest BCUT2D eigenvalue weighted by molar-refractivity contribution is 6.31. The smallest absolute Gasteiger partial charge is 0.0651 e. The van der Waals surface area contributed by atoms with Crippen LogP contribution in [0, 0.1) is 6.92 Å². The second-order valence-corrected chi connectivity index (χ2v) is 3.97. The van der Waals surface area contributed by atoms with Gasteiger partial charge in [-0.25, -0.2) is 0 Å². The van der Waals surface area contributed by atoms with Gasteiger partial charge in [-0.2, -0.15) is 0 Å². The van der Waals surface area contributed by atoms with Crippen molar-refractivity contribution in [2.75, 3.05) is 6.61 Å². The minimum atomic E-state index is -0.761. The van der Waals surface area contributed by atoms with Gasteiger partial charge in [0.1, 0.15) is 0 Å². The maximum atomic E-state index is 9.08. The van der Waals surface area contributed by atoms with Gasteiger partial charge >= 0.3 is 0 Å². The quantitative estimate of drug-likeness (QED) is 0.763. The first-order valence-corrected chi connectivity index (χ1v) is 4.51. The first-order valence-electron chi connectivity index (χ1n) is 4.14. The fraction of sp³-hybridized carbons (Fsp3) is 0.400. The molecule has 0 aliphatic rings. The van der Waals surface area contributed by atoms with Crippen LogP contribution >= 0.6 is 11.6 Å². The Kier molecular flexibility index (Phi) is 2.96. The van der Waals surface area contributed by atoms with Crippen molar-refractivity contribution in [3.8, 4) is 0 Å². The Morgan fingerprint density at radius 1 is 1.54 bits per heavy atom. The number of aliphatic hydroxyl groups excluding tert-OH is 1. The van der Waals surface area contributed by atoms with Gasteiger partial charge in [0.05, 0.1) is 12.1 Å². The number of aliphatic hydroxyl groups is 1. The van der Waals surface area contributed by atoms with Gasteiger partial charge in [-0.1, -0.05) is 29.3 Å². The number of halogens is 1. The van der Waals surface area contributed by atoms with Crippen molar-refractivity contribution in [1.82, 2.24) is 0 Å². The summed E-state index contributed by atoms with van der Waals surface area (Å²) in [4.78, 5) is 0. The first kappa shape index (κ1) is 10.5. The molecule has 0 spiro atoms. The van der Waals surface area contributed by atoms with Crippen molar-refractivity contribution < 1.29 is 5.11 Å². The van der Waals surface area contributed by atoms with Crippen molar-refractivity contribution in [3.63, 3.8) is 0 Å². The molecule has 2 nitrogen and oxygen atoms in total. The summed E-state index contributed by atoms with van der Waals surface area (Å²) >= 11 is 5.97. The van der Waals surface area contributed by atoms with Crippen molar-refractivity contribution in [2.45, 2.75) is 19.4 Å². The van der Waals surface area contributed by atoms with Crippen molar-refractivity contribution in [2.24, 2.45) is 5.73 Å². The number of benzene rings is 1. The molecule has 0 aromatic heterocycles. The Labute approximate surface area is 83.3 Å². The van der Waals surface area contributed by atoms with E-state index in [0.29, 0.717) is 5.02 Å². The van der Waals surface area contributed by atoms with Gasteiger partial charge in [0.25, 0.3) is 0 Å². The molecule has 0 saturated carbocycles. The van der Waals surface area contributed by atoms with Gasteiger partial charge in [-0.15, -0.1) is 0 Å². The zero-order valence-corrected chi connectivity index (χ0v) is 8.60. The number of hydrogen-bond acceptors (Lipinski definition) is 2. The number of hydrogen-bond donors (Lipinski definition) is 2. The third-order valence-corrected chi connectivity index (χ3v) is 2.40. The summed E-state index contributed by atoms with van der Waals surface area (Å²) in [6.07, 6.45) is 0. The lowest BCUT2D eigenvalue weighted by molar-refractivity contribution is 0.210. The van der Waals surface area contributed by atoms with E-state index in [-0.39, 0.29) is 6.61 Å². The molecule has 1 unspecified atom stereocenters. The van der Waals surface area contributed by atoms with Gasteiger partial charge in [-0.05, 0) is 25.5 Å². The van der Waals surface area contributed by atoms with Crippen LogP contribution in [0.15, 0.2) is 18.2 Å². The molecule has 72 valence electrons. The SMILES string of the molecule is Cc1ccc(Cl)c(C(C)(N)CO)c1. The van der Waals surface area contributed by atoms with Crippen LogP contribution in [0.2, 0.25) is 5.02 Å². The van der Waals surface area contributed by atoms with Crippen molar-refractivity contribution in [1.29, 1.82) is 0 Å². The standard InChI is InChI=1S/C10H14ClNO/c1-7-3-4-9(11)8(5-7)10(2,12)6-13/h3-5,13H,6,12H2,1-2H3. The first-order chi connectivity index (χ1) is 5.97. The topological polar surface area (TPSA) is 46.2 Å². The second kappa shape index (κ2) is 3.66. The van der Waals surface area contributed by atoms with E-state index in [2.05, 4.69) is 0 Å². The van der Waals surface area contributed by atoms with Crippen LogP contribution in [0.3, 0.4) is 0 Å². The van der Waals surface area contributed by atoms with E-state index in [0.717, 1.165) is 11.1 Å². The van der Waals surface area contributed by atoms with Crippen LogP contribution in [-0.2, 0) is 5.54 Å². The van der Waals surface area contributed by atoms with Gasteiger partial charge in [0.15, 0.2) is 0 Å². The third kappa shape index (κ3) is 2.21. The zero-order valence-electron chi connectivity index (χ0n) is 7.84. The van der Waals surface area contributed by atoms with Crippen molar-refractivity contribution >= 4 is 11.6 Å². The molecule has 0 heterocycles. The Morgan fingerprint density at radius 2 is 2.15 bits per heavy atom. The van der Waals surface area contributed by atoms with Crippen LogP contribution in [0.5, 0.6) is 0 Å². The molecule has 0 bridgehead atoms. The maximum Gasteiger partial charge on any atom is 0.0651 e. The van der Waals surface area contributed by atoms with Gasteiger partial charge < -0.3 is 10.8 Å². The van der Waals surface area contributed by atoms with Crippen LogP contribution in [0.4, 0.5) is 0 Å². The van der Waals surface area contributed by atoms with Gasteiger partial charge in [0.2, 0.25) is 0 Å². The summed E-state index contributed by atoms with van der Waals surface area (Å²) < 4.78 is 0. The van der Waals surface area contributed by atoms with E-state index < -0.39 is 5.54 Å². The monoisotopic (exact) mass is 199 g/mol. The molecule has 3 heteroatoms. The van der Waals surface area contributed by atoms with Crippen LogP contribution in [0.1, 0.15) is 18.1 Å². The molecule has 0 aliphatic heterocycles. The predicted molar refractivity (Wildman–Crippen MR) is 54.8 cm³/mol. The number of nitrogens with two attached hydrogens (primary N) is 1. The van der Waals surface area contributed by atoms with E-state index in [9.17, 15) is 0 Å². The molecule has 13 heavy (non-hydrogen) atoms. The minimum absolute atomic E-state index is 0.115.